The summed E-state index contributed by atoms with van der Waals surface area (Å²) in [7, 11) is 0. The number of rotatable bonds is 5. The molecule has 8 heteroatoms. The van der Waals surface area contributed by atoms with Crippen LogP contribution < -0.4 is 5.73 Å². The molecular weight excluding hydrogens is 320 g/mol. The van der Waals surface area contributed by atoms with Gasteiger partial charge in [0, 0.05) is 22.0 Å². The number of carboxylic acids is 1. The Hall–Kier alpha value is -1.09. The van der Waals surface area contributed by atoms with Crippen LogP contribution in [-0.4, -0.2) is 64.1 Å². The lowest BCUT2D eigenvalue weighted by molar-refractivity contribution is -0.163. The van der Waals surface area contributed by atoms with Crippen LogP contribution in [0.1, 0.15) is 13.8 Å². The second-order valence-electron chi connectivity index (χ2n) is 6.46. The molecule has 6 atom stereocenters. The van der Waals surface area contributed by atoms with Gasteiger partial charge in [0.2, 0.25) is 5.91 Å². The van der Waals surface area contributed by atoms with E-state index in [0.717, 1.165) is 0 Å². The average molecular weight is 342 g/mol. The molecule has 3 heterocycles. The first kappa shape index (κ1) is 16.8. The third-order valence-corrected chi connectivity index (χ3v) is 6.67. The molecule has 2 fully saturated rings. The van der Waals surface area contributed by atoms with Gasteiger partial charge in [-0.2, -0.15) is 0 Å². The van der Waals surface area contributed by atoms with Crippen molar-refractivity contribution in [3.63, 3.8) is 0 Å². The monoisotopic (exact) mass is 342 g/mol. The van der Waals surface area contributed by atoms with Crippen molar-refractivity contribution in [3.8, 4) is 0 Å². The SMILES string of the molecule is C[C@H]1C(S[C@@H]2COC[C@H]2CN)=C(C(=O)O)N2C(=O)[C@H]([C@@H](C)O)C12. The van der Waals surface area contributed by atoms with Crippen LogP contribution in [0.2, 0.25) is 0 Å². The lowest BCUT2D eigenvalue weighted by Crippen LogP contribution is -2.63. The first-order valence-electron chi connectivity index (χ1n) is 7.81. The van der Waals surface area contributed by atoms with Gasteiger partial charge in [-0.1, -0.05) is 6.92 Å². The van der Waals surface area contributed by atoms with Gasteiger partial charge in [-0.05, 0) is 13.5 Å². The average Bonchev–Trinajstić information content (AvgIpc) is 3.01. The highest BCUT2D eigenvalue weighted by atomic mass is 32.2. The standard InChI is InChI=1S/C15H22N2O5S/c1-6-11-10(7(2)18)14(19)17(11)12(15(20)21)13(6)23-9-5-22-4-8(9)3-16/h6-11,18H,3-5,16H2,1-2H3,(H,20,21)/t6-,7-,8-,9-,10-,11?/m1/s1. The number of carbonyl (C=O) groups excluding carboxylic acids is 1. The van der Waals surface area contributed by atoms with Crippen molar-refractivity contribution in [2.75, 3.05) is 19.8 Å². The van der Waals surface area contributed by atoms with Gasteiger partial charge in [-0.25, -0.2) is 4.79 Å². The van der Waals surface area contributed by atoms with Crippen molar-refractivity contribution in [1.82, 2.24) is 4.90 Å². The van der Waals surface area contributed by atoms with E-state index in [0.29, 0.717) is 24.7 Å². The quantitative estimate of drug-likeness (QED) is 0.595. The fourth-order valence-corrected chi connectivity index (χ4v) is 5.29. The Morgan fingerprint density at radius 1 is 1.52 bits per heavy atom. The number of fused-ring (bicyclic) bond motifs is 1. The summed E-state index contributed by atoms with van der Waals surface area (Å²) in [6.07, 6.45) is -0.780. The highest BCUT2D eigenvalue weighted by molar-refractivity contribution is 8.03. The van der Waals surface area contributed by atoms with E-state index in [4.69, 9.17) is 10.5 Å². The number of carboxylic acid groups (broad SMARTS) is 1. The number of aliphatic hydroxyl groups excluding tert-OH is 1. The number of nitrogens with two attached hydrogens (primary N) is 1. The van der Waals surface area contributed by atoms with E-state index in [1.807, 2.05) is 6.92 Å². The highest BCUT2D eigenvalue weighted by Gasteiger charge is 2.60. The van der Waals surface area contributed by atoms with Gasteiger partial charge in [0.05, 0.1) is 31.3 Å². The summed E-state index contributed by atoms with van der Waals surface area (Å²) in [5.41, 5.74) is 5.82. The smallest absolute Gasteiger partial charge is 0.353 e. The molecule has 3 aliphatic heterocycles. The van der Waals surface area contributed by atoms with Crippen LogP contribution in [0.3, 0.4) is 0 Å². The van der Waals surface area contributed by atoms with E-state index < -0.39 is 18.0 Å². The summed E-state index contributed by atoms with van der Waals surface area (Å²) >= 11 is 1.47. The number of aliphatic hydroxyl groups is 1. The topological polar surface area (TPSA) is 113 Å². The molecular formula is C15H22N2O5S. The lowest BCUT2D eigenvalue weighted by atomic mass is 9.79. The van der Waals surface area contributed by atoms with Crippen LogP contribution in [0, 0.1) is 17.8 Å². The zero-order chi connectivity index (χ0) is 16.9. The maximum atomic E-state index is 12.3. The van der Waals surface area contributed by atoms with Gasteiger partial charge in [-0.3, -0.25) is 4.79 Å². The van der Waals surface area contributed by atoms with Gasteiger partial charge in [-0.15, -0.1) is 11.8 Å². The third-order valence-electron chi connectivity index (χ3n) is 5.03. The molecule has 128 valence electrons. The molecule has 0 spiro atoms. The predicted octanol–water partition coefficient (Wildman–Crippen LogP) is -0.153. The van der Waals surface area contributed by atoms with Crippen LogP contribution in [0.5, 0.6) is 0 Å². The van der Waals surface area contributed by atoms with E-state index in [-0.39, 0.29) is 34.7 Å². The fraction of sp³-hybridized carbons (Fsp3) is 0.733. The molecule has 4 N–H and O–H groups in total. The number of aliphatic carboxylic acids is 1. The summed E-state index contributed by atoms with van der Waals surface area (Å²) in [6.45, 7) is 5.11. The van der Waals surface area contributed by atoms with E-state index in [2.05, 4.69) is 0 Å². The van der Waals surface area contributed by atoms with Gasteiger partial charge in [0.15, 0.2) is 0 Å². The minimum absolute atomic E-state index is 0.0667. The van der Waals surface area contributed by atoms with Gasteiger partial charge < -0.3 is 25.6 Å². The van der Waals surface area contributed by atoms with E-state index in [1.165, 1.54) is 16.7 Å². The third kappa shape index (κ3) is 2.48. The van der Waals surface area contributed by atoms with Gasteiger partial charge in [0.1, 0.15) is 5.70 Å². The molecule has 23 heavy (non-hydrogen) atoms. The molecule has 0 radical (unpaired) electrons. The number of nitrogens with zero attached hydrogens (tertiary/aromatic N) is 1. The largest absolute Gasteiger partial charge is 0.477 e. The van der Waals surface area contributed by atoms with Crippen LogP contribution in [0.4, 0.5) is 0 Å². The summed E-state index contributed by atoms with van der Waals surface area (Å²) in [6, 6.07) is -0.269. The van der Waals surface area contributed by atoms with Crippen molar-refractivity contribution < 1.29 is 24.5 Å². The molecule has 1 amide bonds. The van der Waals surface area contributed by atoms with E-state index in [9.17, 15) is 19.8 Å². The Morgan fingerprint density at radius 2 is 2.22 bits per heavy atom. The second-order valence-corrected chi connectivity index (χ2v) is 7.74. The van der Waals surface area contributed by atoms with Crippen molar-refractivity contribution in [3.05, 3.63) is 10.6 Å². The van der Waals surface area contributed by atoms with Crippen molar-refractivity contribution in [1.29, 1.82) is 0 Å². The first-order chi connectivity index (χ1) is 10.9. The number of ether oxygens (including phenoxy) is 1. The Labute approximate surface area is 138 Å². The van der Waals surface area contributed by atoms with E-state index >= 15 is 0 Å². The van der Waals surface area contributed by atoms with Crippen molar-refractivity contribution >= 4 is 23.6 Å². The molecule has 7 nitrogen and oxygen atoms in total. The number of hydrogen-bond acceptors (Lipinski definition) is 6. The van der Waals surface area contributed by atoms with Crippen LogP contribution in [0.25, 0.3) is 0 Å². The molecule has 0 aromatic heterocycles. The summed E-state index contributed by atoms with van der Waals surface area (Å²) in [5.74, 6) is -1.85. The number of hydrogen-bond donors (Lipinski definition) is 3. The zero-order valence-corrected chi connectivity index (χ0v) is 14.0. The molecule has 0 aromatic carbocycles. The highest BCUT2D eigenvalue weighted by Crippen LogP contribution is 2.52. The molecule has 3 rings (SSSR count). The predicted molar refractivity (Wildman–Crippen MR) is 84.4 cm³/mol. The maximum absolute atomic E-state index is 12.3. The first-order valence-corrected chi connectivity index (χ1v) is 8.69. The number of amides is 1. The molecule has 0 aromatic rings. The zero-order valence-electron chi connectivity index (χ0n) is 13.1. The molecule has 0 aliphatic carbocycles. The lowest BCUT2D eigenvalue weighted by Gasteiger charge is -2.46. The summed E-state index contributed by atoms with van der Waals surface area (Å²) in [4.78, 5) is 26.0. The Bertz CT molecular complexity index is 564. The summed E-state index contributed by atoms with van der Waals surface area (Å²) in [5, 5.41) is 19.5. The fourth-order valence-electron chi connectivity index (χ4n) is 3.77. The molecule has 1 unspecified atom stereocenters. The van der Waals surface area contributed by atoms with Crippen LogP contribution in [0.15, 0.2) is 10.6 Å². The van der Waals surface area contributed by atoms with Gasteiger partial charge in [0.25, 0.3) is 0 Å². The normalized spacial score (nSPS) is 37.8. The van der Waals surface area contributed by atoms with Crippen molar-refractivity contribution in [2.24, 2.45) is 23.5 Å². The van der Waals surface area contributed by atoms with Crippen molar-refractivity contribution in [2.45, 2.75) is 31.2 Å². The maximum Gasteiger partial charge on any atom is 0.353 e. The second kappa shape index (κ2) is 6.08. The molecule has 2 saturated heterocycles. The van der Waals surface area contributed by atoms with Gasteiger partial charge >= 0.3 is 5.97 Å². The number of thioether (sulfide) groups is 1. The Morgan fingerprint density at radius 3 is 2.78 bits per heavy atom. The Kier molecular flexibility index (Phi) is 4.43. The molecule has 0 saturated carbocycles. The number of carbonyl (C=O) groups is 2. The minimum Gasteiger partial charge on any atom is -0.477 e. The molecule has 0 bridgehead atoms. The van der Waals surface area contributed by atoms with E-state index in [1.54, 1.807) is 6.92 Å². The molecule has 3 aliphatic rings. The summed E-state index contributed by atoms with van der Waals surface area (Å²) < 4.78 is 5.46. The van der Waals surface area contributed by atoms with Crippen LogP contribution in [-0.2, 0) is 14.3 Å². The van der Waals surface area contributed by atoms with Crippen LogP contribution >= 0.6 is 11.8 Å². The Balaban J connectivity index is 1.89. The minimum atomic E-state index is -1.09. The number of β-lactam (4-membered cyclic amide) rings is 1.